The maximum absolute atomic E-state index is 11.5. The molecule has 0 heterocycles. The highest BCUT2D eigenvalue weighted by molar-refractivity contribution is 8.00. The van der Waals surface area contributed by atoms with Crippen molar-refractivity contribution in [1.82, 2.24) is 0 Å². The normalized spacial score (nSPS) is 11.2. The Morgan fingerprint density at radius 1 is 1.38 bits per heavy atom. The lowest BCUT2D eigenvalue weighted by molar-refractivity contribution is -0.151. The van der Waals surface area contributed by atoms with Crippen LogP contribution in [0, 0.1) is 0 Å². The van der Waals surface area contributed by atoms with Crippen LogP contribution in [0.2, 0.25) is 5.02 Å². The number of carbonyl (C=O) groups excluding carboxylic acids is 1. The Bertz CT molecular complexity index is 372. The van der Waals surface area contributed by atoms with E-state index in [0.717, 1.165) is 4.90 Å². The second-order valence-electron chi connectivity index (χ2n) is 4.31. The molecule has 4 heteroatoms. The molecule has 0 spiro atoms. The Morgan fingerprint density at radius 3 is 2.56 bits per heavy atom. The van der Waals surface area contributed by atoms with Crippen LogP contribution in [-0.4, -0.2) is 17.3 Å². The third-order valence-electron chi connectivity index (χ3n) is 1.60. The number of hydrogen-bond donors (Lipinski definition) is 0. The molecule has 0 bridgehead atoms. The van der Waals surface area contributed by atoms with Gasteiger partial charge in [0.05, 0.1) is 10.8 Å². The molecule has 0 aromatic heterocycles. The highest BCUT2D eigenvalue weighted by atomic mass is 35.5. The monoisotopic (exact) mass is 258 g/mol. The summed E-state index contributed by atoms with van der Waals surface area (Å²) in [5.41, 5.74) is -0.432. The minimum absolute atomic E-state index is 0.225. The number of carbonyl (C=O) groups is 1. The number of rotatable bonds is 3. The molecule has 0 aliphatic rings. The van der Waals surface area contributed by atoms with Crippen molar-refractivity contribution in [3.63, 3.8) is 0 Å². The second kappa shape index (κ2) is 5.60. The molecule has 1 aromatic rings. The fourth-order valence-corrected chi connectivity index (χ4v) is 2.08. The first kappa shape index (κ1) is 13.4. The Hall–Kier alpha value is -0.670. The van der Waals surface area contributed by atoms with E-state index in [0.29, 0.717) is 5.02 Å². The molecule has 0 atom stereocenters. The molecule has 0 N–H and O–H groups in total. The summed E-state index contributed by atoms with van der Waals surface area (Å²) in [4.78, 5) is 12.4. The summed E-state index contributed by atoms with van der Waals surface area (Å²) >= 11 is 7.36. The highest BCUT2D eigenvalue weighted by Gasteiger charge is 2.16. The molecule has 88 valence electrons. The zero-order valence-corrected chi connectivity index (χ0v) is 11.2. The minimum atomic E-state index is -0.432. The van der Waals surface area contributed by atoms with Crippen LogP contribution in [0.25, 0.3) is 0 Å². The van der Waals surface area contributed by atoms with E-state index in [1.807, 2.05) is 39.0 Å². The molecule has 0 saturated carbocycles. The van der Waals surface area contributed by atoms with Crippen LogP contribution in [0.3, 0.4) is 0 Å². The van der Waals surface area contributed by atoms with Gasteiger partial charge < -0.3 is 4.74 Å². The van der Waals surface area contributed by atoms with E-state index in [1.165, 1.54) is 11.8 Å². The quantitative estimate of drug-likeness (QED) is 0.610. The molecule has 0 radical (unpaired) electrons. The largest absolute Gasteiger partial charge is 0.459 e. The van der Waals surface area contributed by atoms with Crippen LogP contribution in [0.5, 0.6) is 0 Å². The van der Waals surface area contributed by atoms with Crippen LogP contribution in [0.15, 0.2) is 29.2 Å². The molecular formula is C12H15ClO2S. The van der Waals surface area contributed by atoms with Crippen LogP contribution >= 0.6 is 23.4 Å². The van der Waals surface area contributed by atoms with E-state index in [2.05, 4.69) is 0 Å². The summed E-state index contributed by atoms with van der Waals surface area (Å²) in [5.74, 6) is 0.0542. The summed E-state index contributed by atoms with van der Waals surface area (Å²) in [6, 6.07) is 7.44. The van der Waals surface area contributed by atoms with E-state index in [9.17, 15) is 4.79 Å². The van der Waals surface area contributed by atoms with Gasteiger partial charge in [-0.1, -0.05) is 23.7 Å². The molecule has 16 heavy (non-hydrogen) atoms. The van der Waals surface area contributed by atoms with Gasteiger partial charge in [0.2, 0.25) is 0 Å². The smallest absolute Gasteiger partial charge is 0.316 e. The molecule has 1 rings (SSSR count). The first-order chi connectivity index (χ1) is 7.38. The van der Waals surface area contributed by atoms with Crippen molar-refractivity contribution < 1.29 is 9.53 Å². The summed E-state index contributed by atoms with van der Waals surface area (Å²) in [6.45, 7) is 5.56. The summed E-state index contributed by atoms with van der Waals surface area (Å²) in [7, 11) is 0. The third-order valence-corrected chi connectivity index (χ3v) is 3.09. The summed E-state index contributed by atoms with van der Waals surface area (Å²) in [6.07, 6.45) is 0. The van der Waals surface area contributed by atoms with Gasteiger partial charge in [-0.25, -0.2) is 0 Å². The molecule has 0 unspecified atom stereocenters. The topological polar surface area (TPSA) is 26.3 Å². The predicted octanol–water partition coefficient (Wildman–Crippen LogP) is 3.77. The van der Waals surface area contributed by atoms with Crippen molar-refractivity contribution in [2.45, 2.75) is 31.3 Å². The van der Waals surface area contributed by atoms with Gasteiger partial charge in [-0.2, -0.15) is 0 Å². The van der Waals surface area contributed by atoms with Gasteiger partial charge in [-0.3, -0.25) is 4.79 Å². The Kier molecular flexibility index (Phi) is 4.69. The summed E-state index contributed by atoms with van der Waals surface area (Å²) < 4.78 is 5.20. The Labute approximate surface area is 105 Å². The standard InChI is InChI=1S/C12H15ClO2S/c1-12(2,3)15-11(14)8-16-10-7-5-4-6-9(10)13/h4-7H,8H2,1-3H3. The van der Waals surface area contributed by atoms with Crippen LogP contribution in [0.4, 0.5) is 0 Å². The average Bonchev–Trinajstić information content (AvgIpc) is 2.14. The Morgan fingerprint density at radius 2 is 2.00 bits per heavy atom. The lowest BCUT2D eigenvalue weighted by Crippen LogP contribution is -2.24. The zero-order chi connectivity index (χ0) is 12.2. The molecular weight excluding hydrogens is 244 g/mol. The van der Waals surface area contributed by atoms with Gasteiger partial charge in [0.25, 0.3) is 0 Å². The fourth-order valence-electron chi connectivity index (χ4n) is 1.07. The van der Waals surface area contributed by atoms with Crippen molar-refractivity contribution in [3.05, 3.63) is 29.3 Å². The van der Waals surface area contributed by atoms with Crippen molar-refractivity contribution in [1.29, 1.82) is 0 Å². The fraction of sp³-hybridized carbons (Fsp3) is 0.417. The van der Waals surface area contributed by atoms with E-state index in [4.69, 9.17) is 16.3 Å². The maximum Gasteiger partial charge on any atom is 0.316 e. The van der Waals surface area contributed by atoms with E-state index >= 15 is 0 Å². The van der Waals surface area contributed by atoms with Crippen LogP contribution in [-0.2, 0) is 9.53 Å². The second-order valence-corrected chi connectivity index (χ2v) is 5.73. The molecule has 2 nitrogen and oxygen atoms in total. The van der Waals surface area contributed by atoms with Crippen molar-refractivity contribution in [3.8, 4) is 0 Å². The molecule has 0 aliphatic heterocycles. The first-order valence-electron chi connectivity index (χ1n) is 4.98. The predicted molar refractivity (Wildman–Crippen MR) is 68.0 cm³/mol. The third kappa shape index (κ3) is 4.90. The molecule has 0 fully saturated rings. The van der Waals surface area contributed by atoms with Crippen molar-refractivity contribution in [2.24, 2.45) is 0 Å². The minimum Gasteiger partial charge on any atom is -0.459 e. The lowest BCUT2D eigenvalue weighted by Gasteiger charge is -2.19. The number of ether oxygens (including phenoxy) is 1. The number of thioether (sulfide) groups is 1. The van der Waals surface area contributed by atoms with E-state index in [-0.39, 0.29) is 11.7 Å². The van der Waals surface area contributed by atoms with Gasteiger partial charge in [-0.15, -0.1) is 11.8 Å². The zero-order valence-electron chi connectivity index (χ0n) is 9.62. The number of benzene rings is 1. The molecule has 0 aliphatic carbocycles. The van der Waals surface area contributed by atoms with Gasteiger partial charge >= 0.3 is 5.97 Å². The lowest BCUT2D eigenvalue weighted by atomic mass is 10.2. The van der Waals surface area contributed by atoms with Gasteiger partial charge in [0.15, 0.2) is 0 Å². The molecule has 0 amide bonds. The van der Waals surface area contributed by atoms with Crippen LogP contribution < -0.4 is 0 Å². The highest BCUT2D eigenvalue weighted by Crippen LogP contribution is 2.26. The SMILES string of the molecule is CC(C)(C)OC(=O)CSc1ccccc1Cl. The number of esters is 1. The van der Waals surface area contributed by atoms with Gasteiger partial charge in [0.1, 0.15) is 5.60 Å². The maximum atomic E-state index is 11.5. The van der Waals surface area contributed by atoms with Crippen molar-refractivity contribution >= 4 is 29.3 Å². The molecule has 0 saturated heterocycles. The first-order valence-corrected chi connectivity index (χ1v) is 6.34. The van der Waals surface area contributed by atoms with Gasteiger partial charge in [-0.05, 0) is 32.9 Å². The summed E-state index contributed by atoms with van der Waals surface area (Å²) in [5, 5.41) is 0.663. The average molecular weight is 259 g/mol. The van der Waals surface area contributed by atoms with Gasteiger partial charge in [0, 0.05) is 4.90 Å². The van der Waals surface area contributed by atoms with Crippen LogP contribution in [0.1, 0.15) is 20.8 Å². The van der Waals surface area contributed by atoms with E-state index in [1.54, 1.807) is 6.07 Å². The van der Waals surface area contributed by atoms with Crippen molar-refractivity contribution in [2.75, 3.05) is 5.75 Å². The Balaban J connectivity index is 2.47. The molecule has 1 aromatic carbocycles. The number of halogens is 1. The van der Waals surface area contributed by atoms with E-state index < -0.39 is 5.60 Å². The number of hydrogen-bond acceptors (Lipinski definition) is 3.